The van der Waals surface area contributed by atoms with Crippen molar-refractivity contribution in [2.24, 2.45) is 5.41 Å². The van der Waals surface area contributed by atoms with Gasteiger partial charge in [0, 0.05) is 13.1 Å². The number of amides is 1. The van der Waals surface area contributed by atoms with Crippen molar-refractivity contribution in [1.29, 1.82) is 0 Å². The van der Waals surface area contributed by atoms with Crippen LogP contribution < -0.4 is 0 Å². The first-order valence-corrected chi connectivity index (χ1v) is 6.07. The fourth-order valence-corrected chi connectivity index (χ4v) is 2.31. The summed E-state index contributed by atoms with van der Waals surface area (Å²) in [6, 6.07) is 0.333. The molecule has 0 heterocycles. The van der Waals surface area contributed by atoms with Crippen LogP contribution in [0.3, 0.4) is 0 Å². The summed E-state index contributed by atoms with van der Waals surface area (Å²) < 4.78 is 0. The Morgan fingerprint density at radius 1 is 1.25 bits per heavy atom. The minimum atomic E-state index is -0.0482. The Kier molecular flexibility index (Phi) is 4.11. The first-order chi connectivity index (χ1) is 7.32. The molecule has 1 rings (SSSR count). The highest BCUT2D eigenvalue weighted by molar-refractivity contribution is 5.96. The number of rotatable bonds is 3. The van der Waals surface area contributed by atoms with Gasteiger partial charge in [-0.2, -0.15) is 0 Å². The molecule has 1 saturated carbocycles. The highest BCUT2D eigenvalue weighted by Gasteiger charge is 2.30. The molecule has 92 valence electrons. The normalized spacial score (nSPS) is 20.5. The molecule has 0 atom stereocenters. The maximum absolute atomic E-state index is 11.7. The average Bonchev–Trinajstić information content (AvgIpc) is 2.15. The van der Waals surface area contributed by atoms with Crippen LogP contribution in [0.1, 0.15) is 52.9 Å². The minimum Gasteiger partial charge on any atom is -0.342 e. The molecule has 1 aliphatic carbocycles. The van der Waals surface area contributed by atoms with E-state index in [4.69, 9.17) is 0 Å². The summed E-state index contributed by atoms with van der Waals surface area (Å²) in [6.45, 7) is 6.02. The Morgan fingerprint density at radius 2 is 1.75 bits per heavy atom. The molecule has 0 spiro atoms. The second kappa shape index (κ2) is 4.98. The number of Topliss-reactive ketones (excluding diaryl/α,β-unsaturated/α-hetero) is 1. The maximum atomic E-state index is 11.7. The molecule has 0 aromatic rings. The van der Waals surface area contributed by atoms with Crippen molar-refractivity contribution >= 4 is 11.7 Å². The van der Waals surface area contributed by atoms with E-state index >= 15 is 0 Å². The van der Waals surface area contributed by atoms with Gasteiger partial charge in [0.25, 0.3) is 0 Å². The topological polar surface area (TPSA) is 37.4 Å². The molecule has 0 aliphatic heterocycles. The highest BCUT2D eigenvalue weighted by Crippen LogP contribution is 2.36. The van der Waals surface area contributed by atoms with Gasteiger partial charge in [0.05, 0.1) is 6.42 Å². The van der Waals surface area contributed by atoms with Crippen molar-refractivity contribution in [3.63, 3.8) is 0 Å². The summed E-state index contributed by atoms with van der Waals surface area (Å²) >= 11 is 0. The van der Waals surface area contributed by atoms with E-state index in [9.17, 15) is 9.59 Å². The molecular weight excluding hydrogens is 202 g/mol. The van der Waals surface area contributed by atoms with Crippen LogP contribution in [0.5, 0.6) is 0 Å². The third-order valence-corrected chi connectivity index (χ3v) is 3.65. The monoisotopic (exact) mass is 225 g/mol. The highest BCUT2D eigenvalue weighted by atomic mass is 16.2. The van der Waals surface area contributed by atoms with Gasteiger partial charge in [-0.15, -0.1) is 0 Å². The largest absolute Gasteiger partial charge is 0.342 e. The van der Waals surface area contributed by atoms with Gasteiger partial charge in [0.2, 0.25) is 5.91 Å². The molecular formula is C13H23NO2. The van der Waals surface area contributed by atoms with Gasteiger partial charge in [0.1, 0.15) is 5.78 Å². The van der Waals surface area contributed by atoms with Crippen molar-refractivity contribution < 1.29 is 9.59 Å². The van der Waals surface area contributed by atoms with E-state index in [1.165, 1.54) is 6.92 Å². The molecule has 1 amide bonds. The summed E-state index contributed by atoms with van der Waals surface area (Å²) in [5, 5.41) is 0. The zero-order chi connectivity index (χ0) is 12.3. The number of ketones is 1. The predicted octanol–water partition coefficient (Wildman–Crippen LogP) is 2.39. The average molecular weight is 225 g/mol. The van der Waals surface area contributed by atoms with Crippen LogP contribution in [0, 0.1) is 5.41 Å². The van der Waals surface area contributed by atoms with Gasteiger partial charge in [0.15, 0.2) is 0 Å². The molecule has 0 saturated heterocycles. The summed E-state index contributed by atoms with van der Waals surface area (Å²) in [7, 11) is 1.83. The Labute approximate surface area is 98.2 Å². The summed E-state index contributed by atoms with van der Waals surface area (Å²) in [4.78, 5) is 24.4. The zero-order valence-corrected chi connectivity index (χ0v) is 10.9. The van der Waals surface area contributed by atoms with E-state index in [1.807, 2.05) is 7.05 Å². The fourth-order valence-electron chi connectivity index (χ4n) is 2.31. The number of hydrogen-bond donors (Lipinski definition) is 0. The van der Waals surface area contributed by atoms with Crippen LogP contribution in [0.15, 0.2) is 0 Å². The summed E-state index contributed by atoms with van der Waals surface area (Å²) in [6.07, 6.45) is 4.50. The number of hydrogen-bond acceptors (Lipinski definition) is 2. The van der Waals surface area contributed by atoms with E-state index in [0.717, 1.165) is 25.7 Å². The van der Waals surface area contributed by atoms with Crippen molar-refractivity contribution in [3.8, 4) is 0 Å². The molecule has 16 heavy (non-hydrogen) atoms. The lowest BCUT2D eigenvalue weighted by Gasteiger charge is -2.38. The molecule has 0 unspecified atom stereocenters. The smallest absolute Gasteiger partial charge is 0.229 e. The lowest BCUT2D eigenvalue weighted by molar-refractivity contribution is -0.136. The van der Waals surface area contributed by atoms with Gasteiger partial charge in [-0.05, 0) is 38.0 Å². The summed E-state index contributed by atoms with van der Waals surface area (Å²) in [5.74, 6) is -0.0785. The quantitative estimate of drug-likeness (QED) is 0.692. The van der Waals surface area contributed by atoms with E-state index < -0.39 is 0 Å². The number of carbonyl (C=O) groups is 2. The van der Waals surface area contributed by atoms with E-state index in [1.54, 1.807) is 4.90 Å². The predicted molar refractivity (Wildman–Crippen MR) is 64.1 cm³/mol. The van der Waals surface area contributed by atoms with Crippen LogP contribution >= 0.6 is 0 Å². The Hall–Kier alpha value is -0.860. The molecule has 3 nitrogen and oxygen atoms in total. The van der Waals surface area contributed by atoms with Gasteiger partial charge >= 0.3 is 0 Å². The molecule has 0 aromatic heterocycles. The minimum absolute atomic E-state index is 0.0304. The lowest BCUT2D eigenvalue weighted by Crippen LogP contribution is -2.41. The molecule has 1 fully saturated rings. The molecule has 1 aliphatic rings. The zero-order valence-electron chi connectivity index (χ0n) is 10.9. The van der Waals surface area contributed by atoms with Crippen molar-refractivity contribution in [2.45, 2.75) is 58.9 Å². The Balaban J connectivity index is 2.47. The van der Waals surface area contributed by atoms with Gasteiger partial charge in [-0.3, -0.25) is 9.59 Å². The second-order valence-corrected chi connectivity index (χ2v) is 5.78. The van der Waals surface area contributed by atoms with E-state index in [2.05, 4.69) is 13.8 Å². The number of nitrogens with zero attached hydrogens (tertiary/aromatic N) is 1. The standard InChI is InChI=1S/C13H23NO2/c1-10(15)9-12(16)14(4)11-5-7-13(2,3)8-6-11/h11H,5-9H2,1-4H3. The Bertz CT molecular complexity index is 274. The van der Waals surface area contributed by atoms with Gasteiger partial charge < -0.3 is 4.90 Å². The molecule has 0 radical (unpaired) electrons. The van der Waals surface area contributed by atoms with Crippen molar-refractivity contribution in [3.05, 3.63) is 0 Å². The second-order valence-electron chi connectivity index (χ2n) is 5.78. The first kappa shape index (κ1) is 13.2. The van der Waals surface area contributed by atoms with Gasteiger partial charge in [-0.25, -0.2) is 0 Å². The van der Waals surface area contributed by atoms with Crippen LogP contribution in [0.2, 0.25) is 0 Å². The molecule has 3 heteroatoms. The third-order valence-electron chi connectivity index (χ3n) is 3.65. The van der Waals surface area contributed by atoms with E-state index in [-0.39, 0.29) is 18.1 Å². The molecule has 0 N–H and O–H groups in total. The lowest BCUT2D eigenvalue weighted by atomic mass is 9.75. The molecule has 0 bridgehead atoms. The fraction of sp³-hybridized carbons (Fsp3) is 0.846. The molecule has 0 aromatic carbocycles. The van der Waals surface area contributed by atoms with Crippen LogP contribution in [0.25, 0.3) is 0 Å². The van der Waals surface area contributed by atoms with Crippen LogP contribution in [-0.2, 0) is 9.59 Å². The van der Waals surface area contributed by atoms with Crippen LogP contribution in [0.4, 0.5) is 0 Å². The van der Waals surface area contributed by atoms with E-state index in [0.29, 0.717) is 11.5 Å². The van der Waals surface area contributed by atoms with Crippen molar-refractivity contribution in [2.75, 3.05) is 7.05 Å². The van der Waals surface area contributed by atoms with Gasteiger partial charge in [-0.1, -0.05) is 13.8 Å². The number of carbonyl (C=O) groups excluding carboxylic acids is 2. The Morgan fingerprint density at radius 3 is 2.19 bits per heavy atom. The van der Waals surface area contributed by atoms with Crippen LogP contribution in [-0.4, -0.2) is 29.7 Å². The SMILES string of the molecule is CC(=O)CC(=O)N(C)C1CCC(C)(C)CC1. The first-order valence-electron chi connectivity index (χ1n) is 6.07. The maximum Gasteiger partial charge on any atom is 0.229 e. The third kappa shape index (κ3) is 3.62. The summed E-state index contributed by atoms with van der Waals surface area (Å²) in [5.41, 5.74) is 0.418. The van der Waals surface area contributed by atoms with Crippen molar-refractivity contribution in [1.82, 2.24) is 4.90 Å².